The highest BCUT2D eigenvalue weighted by Gasteiger charge is 2.21. The summed E-state index contributed by atoms with van der Waals surface area (Å²) in [5.41, 5.74) is 4.33. The second-order valence-corrected chi connectivity index (χ2v) is 10.4. The van der Waals surface area contributed by atoms with Crippen molar-refractivity contribution in [1.29, 1.82) is 5.26 Å². The van der Waals surface area contributed by atoms with Gasteiger partial charge in [-0.15, -0.1) is 4.99 Å². The number of likely N-dealkylation sites (N-methyl/N-ethyl adjacent to an activating group) is 1. The molecule has 0 saturated carbocycles. The largest absolute Gasteiger partial charge is 0.369 e. The standard InChI is InChI=1S/C30H33ClN8O/c1-36-14-16-37(17-15-36)25-10-6-23(7-11-25)29(40)34-24-8-12-26(13-9-24)38-18-20-39(21-19-38)30(33-22-32)35-28-5-3-2-4-27(28)31/h2-13H,14-21H2,1H3,(H,33,35)(H,34,40). The maximum atomic E-state index is 12.8. The molecule has 3 aromatic carbocycles. The van der Waals surface area contributed by atoms with Crippen molar-refractivity contribution in [3.63, 3.8) is 0 Å². The molecule has 0 aliphatic carbocycles. The number of nitrogens with zero attached hydrogens (tertiary/aromatic N) is 6. The van der Waals surface area contributed by atoms with Gasteiger partial charge in [-0.3, -0.25) is 4.79 Å². The van der Waals surface area contributed by atoms with Crippen molar-refractivity contribution in [3.05, 3.63) is 83.4 Å². The van der Waals surface area contributed by atoms with Gasteiger partial charge in [0.2, 0.25) is 12.2 Å². The SMILES string of the molecule is CN1CCN(c2ccc(C(=O)Nc3ccc(N4CCN(/C(=N\C#N)Nc5ccccc5Cl)CC4)cc3)cc2)CC1. The van der Waals surface area contributed by atoms with E-state index in [4.69, 9.17) is 11.6 Å². The highest BCUT2D eigenvalue weighted by molar-refractivity contribution is 6.33. The van der Waals surface area contributed by atoms with Gasteiger partial charge in [-0.05, 0) is 67.7 Å². The van der Waals surface area contributed by atoms with Crippen LogP contribution in [0.4, 0.5) is 22.7 Å². The Morgan fingerprint density at radius 1 is 0.800 bits per heavy atom. The molecule has 1 amide bonds. The van der Waals surface area contributed by atoms with E-state index in [1.54, 1.807) is 6.07 Å². The molecule has 2 aliphatic heterocycles. The number of piperazine rings is 2. The first-order chi connectivity index (χ1) is 19.5. The first kappa shape index (κ1) is 27.3. The van der Waals surface area contributed by atoms with Gasteiger partial charge in [0.1, 0.15) is 0 Å². The van der Waals surface area contributed by atoms with Gasteiger partial charge in [0.25, 0.3) is 5.91 Å². The molecule has 0 bridgehead atoms. The Hall–Kier alpha value is -4.26. The fraction of sp³-hybridized carbons (Fsp3) is 0.300. The number of benzene rings is 3. The van der Waals surface area contributed by atoms with Crippen LogP contribution in [0.15, 0.2) is 77.8 Å². The smallest absolute Gasteiger partial charge is 0.255 e. The van der Waals surface area contributed by atoms with Gasteiger partial charge in [0.05, 0.1) is 10.7 Å². The Morgan fingerprint density at radius 3 is 1.98 bits per heavy atom. The van der Waals surface area contributed by atoms with Crippen LogP contribution in [0.5, 0.6) is 0 Å². The van der Waals surface area contributed by atoms with Gasteiger partial charge in [-0.1, -0.05) is 23.7 Å². The lowest BCUT2D eigenvalue weighted by Crippen LogP contribution is -2.50. The van der Waals surface area contributed by atoms with Crippen molar-refractivity contribution in [3.8, 4) is 6.19 Å². The van der Waals surface area contributed by atoms with Crippen molar-refractivity contribution < 1.29 is 4.79 Å². The second kappa shape index (κ2) is 12.7. The number of carbonyl (C=O) groups is 1. The molecule has 2 aliphatic rings. The summed E-state index contributed by atoms with van der Waals surface area (Å²) in [6, 6.07) is 23.1. The number of para-hydroxylation sites is 1. The highest BCUT2D eigenvalue weighted by Crippen LogP contribution is 2.23. The average molecular weight is 557 g/mol. The van der Waals surface area contributed by atoms with Gasteiger partial charge in [-0.2, -0.15) is 5.26 Å². The minimum absolute atomic E-state index is 0.123. The molecule has 5 rings (SSSR count). The number of nitrogens with one attached hydrogen (secondary N) is 2. The molecule has 3 aromatic rings. The van der Waals surface area contributed by atoms with Crippen molar-refractivity contribution in [1.82, 2.24) is 9.80 Å². The summed E-state index contributed by atoms with van der Waals surface area (Å²) in [6.07, 6.45) is 1.89. The molecule has 0 aromatic heterocycles. The molecule has 2 heterocycles. The van der Waals surface area contributed by atoms with Crippen LogP contribution in [0, 0.1) is 11.5 Å². The fourth-order valence-corrected chi connectivity index (χ4v) is 5.11. The molecule has 10 heteroatoms. The Bertz CT molecular complexity index is 1370. The van der Waals surface area contributed by atoms with Crippen LogP contribution in [-0.4, -0.2) is 81.1 Å². The molecule has 9 nitrogen and oxygen atoms in total. The van der Waals surface area contributed by atoms with Gasteiger partial charge >= 0.3 is 0 Å². The van der Waals surface area contributed by atoms with Gasteiger partial charge < -0.3 is 30.2 Å². The molecular formula is C30H33ClN8O. The van der Waals surface area contributed by atoms with Crippen LogP contribution in [0.25, 0.3) is 0 Å². The molecule has 206 valence electrons. The van der Waals surface area contributed by atoms with E-state index in [-0.39, 0.29) is 5.91 Å². The lowest BCUT2D eigenvalue weighted by atomic mass is 10.1. The number of halogens is 1. The Labute approximate surface area is 240 Å². The topological polar surface area (TPSA) is 90.2 Å². The molecule has 2 N–H and O–H groups in total. The molecule has 2 fully saturated rings. The van der Waals surface area contributed by atoms with E-state index in [9.17, 15) is 10.1 Å². The summed E-state index contributed by atoms with van der Waals surface area (Å²) in [6.45, 7) is 7.01. The predicted octanol–water partition coefficient (Wildman–Crippen LogP) is 4.42. The van der Waals surface area contributed by atoms with Crippen LogP contribution >= 0.6 is 11.6 Å². The summed E-state index contributed by atoms with van der Waals surface area (Å²) in [7, 11) is 2.14. The van der Waals surface area contributed by atoms with E-state index in [2.05, 4.69) is 37.4 Å². The molecule has 2 saturated heterocycles. The number of nitriles is 1. The lowest BCUT2D eigenvalue weighted by Gasteiger charge is -2.37. The normalized spacial score (nSPS) is 16.4. The number of rotatable bonds is 5. The minimum Gasteiger partial charge on any atom is -0.369 e. The number of amides is 1. The number of hydrogen-bond acceptors (Lipinski definition) is 6. The van der Waals surface area contributed by atoms with E-state index in [0.29, 0.717) is 35.3 Å². The maximum absolute atomic E-state index is 12.8. The zero-order chi connectivity index (χ0) is 27.9. The molecule has 0 unspecified atom stereocenters. The lowest BCUT2D eigenvalue weighted by molar-refractivity contribution is 0.102. The third kappa shape index (κ3) is 6.65. The monoisotopic (exact) mass is 556 g/mol. The number of guanidine groups is 1. The summed E-state index contributed by atoms with van der Waals surface area (Å²) in [5, 5.41) is 16.0. The van der Waals surface area contributed by atoms with E-state index in [1.807, 2.05) is 77.8 Å². The van der Waals surface area contributed by atoms with Crippen molar-refractivity contribution >= 4 is 46.2 Å². The summed E-state index contributed by atoms with van der Waals surface area (Å²) in [4.78, 5) is 25.8. The fourth-order valence-electron chi connectivity index (χ4n) is 4.93. The van der Waals surface area contributed by atoms with E-state index in [0.717, 1.165) is 56.3 Å². The number of aliphatic imine (C=N–C) groups is 1. The van der Waals surface area contributed by atoms with Crippen molar-refractivity contribution in [2.75, 3.05) is 79.8 Å². The minimum atomic E-state index is -0.123. The zero-order valence-electron chi connectivity index (χ0n) is 22.6. The third-order valence-corrected chi connectivity index (χ3v) is 7.67. The van der Waals surface area contributed by atoms with Crippen LogP contribution in [0.2, 0.25) is 5.02 Å². The predicted molar refractivity (Wildman–Crippen MR) is 162 cm³/mol. The highest BCUT2D eigenvalue weighted by atomic mass is 35.5. The number of hydrogen-bond donors (Lipinski definition) is 2. The van der Waals surface area contributed by atoms with Crippen molar-refractivity contribution in [2.24, 2.45) is 4.99 Å². The molecule has 40 heavy (non-hydrogen) atoms. The molecule has 0 radical (unpaired) electrons. The van der Waals surface area contributed by atoms with E-state index in [1.165, 1.54) is 0 Å². The van der Waals surface area contributed by atoms with Crippen LogP contribution < -0.4 is 20.4 Å². The van der Waals surface area contributed by atoms with Crippen molar-refractivity contribution in [2.45, 2.75) is 0 Å². The zero-order valence-corrected chi connectivity index (χ0v) is 23.3. The quantitative estimate of drug-likeness (QED) is 0.273. The molecule has 0 spiro atoms. The summed E-state index contributed by atoms with van der Waals surface area (Å²) in [5.74, 6) is 0.367. The Balaban J connectivity index is 1.14. The number of anilines is 4. The van der Waals surface area contributed by atoms with Gasteiger partial charge in [0.15, 0.2) is 0 Å². The maximum Gasteiger partial charge on any atom is 0.255 e. The molecule has 0 atom stereocenters. The summed E-state index contributed by atoms with van der Waals surface area (Å²) >= 11 is 6.27. The Morgan fingerprint density at radius 2 is 1.38 bits per heavy atom. The van der Waals surface area contributed by atoms with Crippen LogP contribution in [0.1, 0.15) is 10.4 Å². The average Bonchev–Trinajstić information content (AvgIpc) is 2.99. The van der Waals surface area contributed by atoms with E-state index < -0.39 is 0 Å². The first-order valence-corrected chi connectivity index (χ1v) is 13.8. The van der Waals surface area contributed by atoms with Gasteiger partial charge in [0, 0.05) is 75.0 Å². The third-order valence-electron chi connectivity index (χ3n) is 7.34. The van der Waals surface area contributed by atoms with Gasteiger partial charge in [-0.25, -0.2) is 0 Å². The number of carbonyl (C=O) groups excluding carboxylic acids is 1. The first-order valence-electron chi connectivity index (χ1n) is 13.4. The molecular weight excluding hydrogens is 524 g/mol. The van der Waals surface area contributed by atoms with Crippen LogP contribution in [0.3, 0.4) is 0 Å². The van der Waals surface area contributed by atoms with E-state index >= 15 is 0 Å². The summed E-state index contributed by atoms with van der Waals surface area (Å²) < 4.78 is 0. The Kier molecular flexibility index (Phi) is 8.69. The second-order valence-electron chi connectivity index (χ2n) is 9.95. The van der Waals surface area contributed by atoms with Crippen LogP contribution in [-0.2, 0) is 0 Å².